The second-order valence-corrected chi connectivity index (χ2v) is 9.46. The van der Waals surface area contributed by atoms with Gasteiger partial charge in [0.15, 0.2) is 0 Å². The number of rotatable bonds is 9. The molecule has 0 radical (unpaired) electrons. The summed E-state index contributed by atoms with van der Waals surface area (Å²) in [6, 6.07) is 19.5. The number of anilines is 2. The molecule has 0 heterocycles. The third-order valence-corrected chi connectivity index (χ3v) is 6.53. The minimum Gasteiger partial charge on any atom is -0.497 e. The van der Waals surface area contributed by atoms with Crippen molar-refractivity contribution in [2.24, 2.45) is 0 Å². The maximum absolute atomic E-state index is 12.9. The van der Waals surface area contributed by atoms with E-state index in [0.29, 0.717) is 28.3 Å². The zero-order valence-corrected chi connectivity index (χ0v) is 20.0. The SMILES string of the molecule is COc1ccc(NS(=O)(=O)c2cc(NC(=O)C[C@@H](C)NC(=O)c3ccccc3)ccc2C)cc1. The molecule has 0 saturated carbocycles. The summed E-state index contributed by atoms with van der Waals surface area (Å²) in [5.41, 5.74) is 1.76. The molecule has 0 spiro atoms. The van der Waals surface area contributed by atoms with E-state index in [0.717, 1.165) is 0 Å². The van der Waals surface area contributed by atoms with E-state index < -0.39 is 16.1 Å². The number of carbonyl (C=O) groups excluding carboxylic acids is 2. The molecule has 0 saturated heterocycles. The van der Waals surface area contributed by atoms with Crippen molar-refractivity contribution in [2.75, 3.05) is 17.1 Å². The second kappa shape index (κ2) is 10.8. The average Bonchev–Trinajstić information content (AvgIpc) is 2.81. The lowest BCUT2D eigenvalue weighted by molar-refractivity contribution is -0.116. The zero-order chi connectivity index (χ0) is 24.7. The molecule has 0 aromatic heterocycles. The molecular weight excluding hydrogens is 454 g/mol. The van der Waals surface area contributed by atoms with Crippen molar-refractivity contribution >= 4 is 33.2 Å². The number of ether oxygens (including phenoxy) is 1. The Hall–Kier alpha value is -3.85. The maximum atomic E-state index is 12.9. The number of hydrogen-bond acceptors (Lipinski definition) is 5. The minimum absolute atomic E-state index is 0.0264. The van der Waals surface area contributed by atoms with Crippen molar-refractivity contribution in [1.29, 1.82) is 0 Å². The fraction of sp³-hybridized carbons (Fsp3) is 0.200. The molecule has 0 aliphatic carbocycles. The van der Waals surface area contributed by atoms with E-state index in [-0.39, 0.29) is 23.1 Å². The third-order valence-electron chi connectivity index (χ3n) is 5.01. The summed E-state index contributed by atoms with van der Waals surface area (Å²) >= 11 is 0. The number of hydrogen-bond donors (Lipinski definition) is 3. The molecule has 178 valence electrons. The number of benzene rings is 3. The van der Waals surface area contributed by atoms with E-state index in [1.165, 1.54) is 13.2 Å². The van der Waals surface area contributed by atoms with E-state index >= 15 is 0 Å². The first-order valence-electron chi connectivity index (χ1n) is 10.6. The lowest BCUT2D eigenvalue weighted by atomic mass is 10.1. The van der Waals surface area contributed by atoms with Crippen LogP contribution in [0.3, 0.4) is 0 Å². The molecule has 9 heteroatoms. The topological polar surface area (TPSA) is 114 Å². The van der Waals surface area contributed by atoms with Gasteiger partial charge in [0.2, 0.25) is 5.91 Å². The molecule has 2 amide bonds. The van der Waals surface area contributed by atoms with Gasteiger partial charge in [-0.3, -0.25) is 14.3 Å². The van der Waals surface area contributed by atoms with Crippen LogP contribution in [0.4, 0.5) is 11.4 Å². The summed E-state index contributed by atoms with van der Waals surface area (Å²) < 4.78 is 33.5. The van der Waals surface area contributed by atoms with Crippen LogP contribution in [0.2, 0.25) is 0 Å². The summed E-state index contributed by atoms with van der Waals surface area (Å²) in [4.78, 5) is 24.8. The Morgan fingerprint density at radius 1 is 0.941 bits per heavy atom. The quantitative estimate of drug-likeness (QED) is 0.428. The van der Waals surface area contributed by atoms with E-state index in [2.05, 4.69) is 15.4 Å². The van der Waals surface area contributed by atoms with Crippen molar-refractivity contribution in [3.05, 3.63) is 83.9 Å². The monoisotopic (exact) mass is 481 g/mol. The van der Waals surface area contributed by atoms with Gasteiger partial charge in [-0.15, -0.1) is 0 Å². The number of amides is 2. The number of nitrogens with one attached hydrogen (secondary N) is 3. The highest BCUT2D eigenvalue weighted by atomic mass is 32.2. The van der Waals surface area contributed by atoms with Crippen molar-refractivity contribution < 1.29 is 22.7 Å². The molecule has 0 aliphatic heterocycles. The Bertz CT molecular complexity index is 1260. The minimum atomic E-state index is -3.89. The standard InChI is InChI=1S/C25H27N3O5S/c1-17-9-10-21(16-23(17)34(31,32)28-20-11-13-22(33-3)14-12-20)27-24(29)15-18(2)26-25(30)19-7-5-4-6-8-19/h4-14,16,18,28H,15H2,1-3H3,(H,26,30)(H,27,29)/t18-/m1/s1. The highest BCUT2D eigenvalue weighted by Gasteiger charge is 2.19. The van der Waals surface area contributed by atoms with Crippen LogP contribution in [0.25, 0.3) is 0 Å². The van der Waals surface area contributed by atoms with Crippen LogP contribution in [0.15, 0.2) is 77.7 Å². The summed E-state index contributed by atoms with van der Waals surface area (Å²) in [5, 5.41) is 5.48. The number of carbonyl (C=O) groups is 2. The second-order valence-electron chi connectivity index (χ2n) is 7.81. The van der Waals surface area contributed by atoms with Gasteiger partial charge in [0.05, 0.1) is 12.0 Å². The van der Waals surface area contributed by atoms with Gasteiger partial charge in [-0.25, -0.2) is 8.42 Å². The average molecular weight is 482 g/mol. The van der Waals surface area contributed by atoms with Gasteiger partial charge in [-0.05, 0) is 67.9 Å². The highest BCUT2D eigenvalue weighted by molar-refractivity contribution is 7.92. The Kier molecular flexibility index (Phi) is 7.91. The lowest BCUT2D eigenvalue weighted by Gasteiger charge is -2.15. The molecule has 0 aliphatic rings. The van der Waals surface area contributed by atoms with Gasteiger partial charge in [-0.1, -0.05) is 24.3 Å². The predicted molar refractivity (Wildman–Crippen MR) is 132 cm³/mol. The molecule has 0 fully saturated rings. The summed E-state index contributed by atoms with van der Waals surface area (Å²) in [6.07, 6.45) is 0.0264. The summed E-state index contributed by atoms with van der Waals surface area (Å²) in [5.74, 6) is -0.0107. The van der Waals surface area contributed by atoms with Crippen molar-refractivity contribution in [3.8, 4) is 5.75 Å². The smallest absolute Gasteiger partial charge is 0.262 e. The van der Waals surface area contributed by atoms with Crippen molar-refractivity contribution in [3.63, 3.8) is 0 Å². The van der Waals surface area contributed by atoms with Gasteiger partial charge in [0.25, 0.3) is 15.9 Å². The van der Waals surface area contributed by atoms with Crippen LogP contribution < -0.4 is 20.1 Å². The largest absolute Gasteiger partial charge is 0.497 e. The van der Waals surface area contributed by atoms with Gasteiger partial charge in [0.1, 0.15) is 5.75 Å². The first-order chi connectivity index (χ1) is 16.2. The van der Waals surface area contributed by atoms with E-state index in [1.807, 2.05) is 6.07 Å². The molecule has 8 nitrogen and oxygen atoms in total. The summed E-state index contributed by atoms with van der Waals surface area (Å²) in [6.45, 7) is 3.40. The molecule has 1 atom stereocenters. The highest BCUT2D eigenvalue weighted by Crippen LogP contribution is 2.24. The van der Waals surface area contributed by atoms with Crippen molar-refractivity contribution in [1.82, 2.24) is 5.32 Å². The number of aryl methyl sites for hydroxylation is 1. The van der Waals surface area contributed by atoms with Gasteiger partial charge in [0, 0.05) is 29.4 Å². The zero-order valence-electron chi connectivity index (χ0n) is 19.2. The fourth-order valence-corrected chi connectivity index (χ4v) is 4.60. The first-order valence-corrected chi connectivity index (χ1v) is 12.1. The normalized spacial score (nSPS) is 11.9. The Balaban J connectivity index is 1.65. The van der Waals surface area contributed by atoms with Gasteiger partial charge < -0.3 is 15.4 Å². The van der Waals surface area contributed by atoms with Crippen LogP contribution in [0.1, 0.15) is 29.3 Å². The maximum Gasteiger partial charge on any atom is 0.262 e. The fourth-order valence-electron chi connectivity index (χ4n) is 3.27. The van der Waals surface area contributed by atoms with Crippen LogP contribution in [0, 0.1) is 6.92 Å². The third kappa shape index (κ3) is 6.58. The molecule has 3 aromatic carbocycles. The van der Waals surface area contributed by atoms with Gasteiger partial charge >= 0.3 is 0 Å². The first kappa shape index (κ1) is 24.8. The molecule has 34 heavy (non-hydrogen) atoms. The molecule has 3 aromatic rings. The van der Waals surface area contributed by atoms with E-state index in [4.69, 9.17) is 4.74 Å². The van der Waals surface area contributed by atoms with Gasteiger partial charge in [-0.2, -0.15) is 0 Å². The Labute approximate surface area is 199 Å². The predicted octanol–water partition coefficient (Wildman–Crippen LogP) is 3.95. The van der Waals surface area contributed by atoms with Crippen LogP contribution in [-0.4, -0.2) is 33.4 Å². The lowest BCUT2D eigenvalue weighted by Crippen LogP contribution is -2.35. The van der Waals surface area contributed by atoms with Crippen LogP contribution >= 0.6 is 0 Å². The van der Waals surface area contributed by atoms with Crippen LogP contribution in [-0.2, 0) is 14.8 Å². The van der Waals surface area contributed by atoms with E-state index in [9.17, 15) is 18.0 Å². The molecular formula is C25H27N3O5S. The Morgan fingerprint density at radius 3 is 2.24 bits per heavy atom. The van der Waals surface area contributed by atoms with Crippen molar-refractivity contribution in [2.45, 2.75) is 31.2 Å². The summed E-state index contributed by atoms with van der Waals surface area (Å²) in [7, 11) is -2.36. The molecule has 3 N–H and O–H groups in total. The molecule has 0 bridgehead atoms. The molecule has 0 unspecified atom stereocenters. The Morgan fingerprint density at radius 2 is 1.59 bits per heavy atom. The van der Waals surface area contributed by atoms with E-state index in [1.54, 1.807) is 74.5 Å². The molecule has 3 rings (SSSR count). The van der Waals surface area contributed by atoms with Crippen LogP contribution in [0.5, 0.6) is 5.75 Å². The number of methoxy groups -OCH3 is 1. The number of sulfonamides is 1.